The minimum Gasteiger partial charge on any atom is -0.392 e. The minimum atomic E-state index is -0.895. The summed E-state index contributed by atoms with van der Waals surface area (Å²) in [4.78, 5) is 24.2. The third-order valence-corrected chi connectivity index (χ3v) is 3.74. The molecule has 1 rings (SSSR count). The van der Waals surface area contributed by atoms with Gasteiger partial charge in [-0.1, -0.05) is 12.2 Å². The smallest absolute Gasteiger partial charge is 0.242 e. The van der Waals surface area contributed by atoms with Crippen molar-refractivity contribution >= 4 is 29.0 Å². The second kappa shape index (κ2) is 6.81. The summed E-state index contributed by atoms with van der Waals surface area (Å²) in [5.74, 6) is -0.511. The molecule has 1 heterocycles. The first kappa shape index (κ1) is 15.8. The van der Waals surface area contributed by atoms with Crippen LogP contribution in [0.4, 0.5) is 0 Å². The van der Waals surface area contributed by atoms with Crippen LogP contribution in [-0.4, -0.2) is 42.6 Å². The lowest BCUT2D eigenvalue weighted by molar-refractivity contribution is -0.135. The number of nitrogens with one attached hydrogen (secondary N) is 2. The Hall–Kier alpha value is -1.21. The minimum absolute atomic E-state index is 0.163. The normalized spacial score (nSPS) is 19.3. The predicted octanol–water partition coefficient (Wildman–Crippen LogP) is -0.290. The van der Waals surface area contributed by atoms with Crippen molar-refractivity contribution in [3.63, 3.8) is 0 Å². The van der Waals surface area contributed by atoms with E-state index in [1.54, 1.807) is 6.92 Å². The Kier molecular flexibility index (Phi) is 5.68. The number of hydrogen-bond donors (Lipinski definition) is 3. The maximum absolute atomic E-state index is 12.4. The van der Waals surface area contributed by atoms with Crippen molar-refractivity contribution in [2.45, 2.75) is 32.7 Å². The molecule has 108 valence electrons. The van der Waals surface area contributed by atoms with Crippen molar-refractivity contribution in [3.8, 4) is 0 Å². The Balaban J connectivity index is 2.73. The first-order chi connectivity index (χ1) is 8.94. The number of nitrogens with two attached hydrogens (primary N) is 1. The lowest BCUT2D eigenvalue weighted by atomic mass is 9.79. The van der Waals surface area contributed by atoms with E-state index in [-0.39, 0.29) is 16.8 Å². The fraction of sp³-hybridized carbons (Fsp3) is 0.750. The quantitative estimate of drug-likeness (QED) is 0.604. The monoisotopic (exact) mass is 287 g/mol. The van der Waals surface area contributed by atoms with Crippen LogP contribution in [0.25, 0.3) is 0 Å². The van der Waals surface area contributed by atoms with Crippen LogP contribution in [0.1, 0.15) is 26.7 Å². The van der Waals surface area contributed by atoms with Gasteiger partial charge in [-0.3, -0.25) is 9.59 Å². The van der Waals surface area contributed by atoms with Gasteiger partial charge in [0.25, 0.3) is 0 Å². The molecule has 7 heteroatoms. The van der Waals surface area contributed by atoms with Gasteiger partial charge in [-0.2, -0.15) is 0 Å². The number of hydrogen-bond acceptors (Lipinski definition) is 4. The fourth-order valence-corrected chi connectivity index (χ4v) is 2.33. The van der Waals surface area contributed by atoms with Gasteiger partial charge in [-0.15, -0.1) is 0 Å². The number of amides is 2. The molecule has 1 aliphatic rings. The Morgan fingerprint density at radius 1 is 1.42 bits per heavy atom. The van der Waals surface area contributed by atoms with E-state index in [4.69, 9.17) is 22.7 Å². The molecular weight excluding hydrogens is 266 g/mol. The topological polar surface area (TPSA) is 93.5 Å². The highest BCUT2D eigenvalue weighted by atomic mass is 32.1. The summed E-state index contributed by atoms with van der Waals surface area (Å²) in [5, 5.41) is 5.34. The van der Waals surface area contributed by atoms with Crippen molar-refractivity contribution in [2.75, 3.05) is 19.8 Å². The lowest BCUT2D eigenvalue weighted by Crippen LogP contribution is -2.56. The number of ether oxygens (including phenoxy) is 1. The fourth-order valence-electron chi connectivity index (χ4n) is 2.03. The summed E-state index contributed by atoms with van der Waals surface area (Å²) in [6.45, 7) is 4.87. The Bertz CT molecular complexity index is 367. The van der Waals surface area contributed by atoms with Crippen LogP contribution >= 0.6 is 12.2 Å². The molecule has 0 radical (unpaired) electrons. The third-order valence-electron chi connectivity index (χ3n) is 3.34. The van der Waals surface area contributed by atoms with Crippen molar-refractivity contribution in [1.82, 2.24) is 10.6 Å². The van der Waals surface area contributed by atoms with E-state index < -0.39 is 11.5 Å². The third kappa shape index (κ3) is 3.63. The molecule has 1 fully saturated rings. The molecule has 0 aromatic carbocycles. The standard InChI is InChI=1S/C12H21N3O3S/c1-3-14-9(16)8(2)15-11(17)12(10(13)19)4-6-18-7-5-12/h8H,3-7H2,1-2H3,(H2,13,19)(H,14,16)(H,15,17). The summed E-state index contributed by atoms with van der Waals surface area (Å²) in [7, 11) is 0. The first-order valence-electron chi connectivity index (χ1n) is 6.40. The van der Waals surface area contributed by atoms with Crippen molar-refractivity contribution in [1.29, 1.82) is 0 Å². The molecule has 6 nitrogen and oxygen atoms in total. The molecule has 0 saturated carbocycles. The second-order valence-corrected chi connectivity index (χ2v) is 5.09. The van der Waals surface area contributed by atoms with E-state index in [9.17, 15) is 9.59 Å². The molecule has 0 aliphatic carbocycles. The van der Waals surface area contributed by atoms with E-state index in [0.717, 1.165) is 0 Å². The number of carbonyl (C=O) groups excluding carboxylic acids is 2. The van der Waals surface area contributed by atoms with Crippen LogP contribution < -0.4 is 16.4 Å². The highest BCUT2D eigenvalue weighted by Crippen LogP contribution is 2.31. The van der Waals surface area contributed by atoms with Crippen LogP contribution in [0.15, 0.2) is 0 Å². The number of rotatable bonds is 5. The summed E-state index contributed by atoms with van der Waals surface area (Å²) in [6, 6.07) is -0.610. The molecule has 1 aliphatic heterocycles. The molecule has 2 amide bonds. The zero-order valence-corrected chi connectivity index (χ0v) is 12.1. The van der Waals surface area contributed by atoms with Gasteiger partial charge >= 0.3 is 0 Å². The second-order valence-electron chi connectivity index (χ2n) is 4.65. The Morgan fingerprint density at radius 3 is 2.47 bits per heavy atom. The van der Waals surface area contributed by atoms with Gasteiger partial charge in [0.15, 0.2) is 0 Å². The molecule has 0 bridgehead atoms. The van der Waals surface area contributed by atoms with Crippen molar-refractivity contribution in [2.24, 2.45) is 11.1 Å². The molecular formula is C12H21N3O3S. The van der Waals surface area contributed by atoms with E-state index in [1.807, 2.05) is 6.92 Å². The Morgan fingerprint density at radius 2 is 2.00 bits per heavy atom. The maximum Gasteiger partial charge on any atom is 0.242 e. The summed E-state index contributed by atoms with van der Waals surface area (Å²) in [5.41, 5.74) is 4.83. The molecule has 0 spiro atoms. The van der Waals surface area contributed by atoms with Gasteiger partial charge in [0.05, 0.1) is 4.99 Å². The van der Waals surface area contributed by atoms with Crippen LogP contribution in [0.2, 0.25) is 0 Å². The summed E-state index contributed by atoms with van der Waals surface area (Å²) < 4.78 is 5.24. The van der Waals surface area contributed by atoms with E-state index >= 15 is 0 Å². The zero-order valence-electron chi connectivity index (χ0n) is 11.3. The summed E-state index contributed by atoms with van der Waals surface area (Å²) in [6.07, 6.45) is 0.909. The van der Waals surface area contributed by atoms with Crippen LogP contribution in [0.5, 0.6) is 0 Å². The van der Waals surface area contributed by atoms with E-state index in [0.29, 0.717) is 32.6 Å². The van der Waals surface area contributed by atoms with Crippen LogP contribution in [0.3, 0.4) is 0 Å². The molecule has 4 N–H and O–H groups in total. The predicted molar refractivity (Wildman–Crippen MR) is 75.6 cm³/mol. The molecule has 1 atom stereocenters. The molecule has 0 aromatic rings. The highest BCUT2D eigenvalue weighted by molar-refractivity contribution is 7.80. The van der Waals surface area contributed by atoms with Crippen molar-refractivity contribution in [3.05, 3.63) is 0 Å². The average molecular weight is 287 g/mol. The molecule has 19 heavy (non-hydrogen) atoms. The highest BCUT2D eigenvalue weighted by Gasteiger charge is 2.43. The SMILES string of the molecule is CCNC(=O)C(C)NC(=O)C1(C(N)=S)CCOCC1. The largest absolute Gasteiger partial charge is 0.392 e. The number of carbonyl (C=O) groups is 2. The van der Waals surface area contributed by atoms with Gasteiger partial charge in [0.1, 0.15) is 11.5 Å². The average Bonchev–Trinajstić information content (AvgIpc) is 2.39. The molecule has 1 unspecified atom stereocenters. The van der Waals surface area contributed by atoms with Gasteiger partial charge in [-0.05, 0) is 26.7 Å². The van der Waals surface area contributed by atoms with E-state index in [1.165, 1.54) is 0 Å². The van der Waals surface area contributed by atoms with Crippen molar-refractivity contribution < 1.29 is 14.3 Å². The Labute approximate surface area is 118 Å². The van der Waals surface area contributed by atoms with Gasteiger partial charge in [-0.25, -0.2) is 0 Å². The van der Waals surface area contributed by atoms with Gasteiger partial charge in [0, 0.05) is 19.8 Å². The first-order valence-corrected chi connectivity index (χ1v) is 6.81. The zero-order chi connectivity index (χ0) is 14.5. The number of likely N-dealkylation sites (N-methyl/N-ethyl adjacent to an activating group) is 1. The molecule has 0 aromatic heterocycles. The number of thiocarbonyl (C=S) groups is 1. The van der Waals surface area contributed by atoms with Gasteiger partial charge < -0.3 is 21.1 Å². The summed E-state index contributed by atoms with van der Waals surface area (Å²) >= 11 is 5.03. The maximum atomic E-state index is 12.4. The lowest BCUT2D eigenvalue weighted by Gasteiger charge is -2.35. The molecule has 1 saturated heterocycles. The van der Waals surface area contributed by atoms with E-state index in [2.05, 4.69) is 10.6 Å². The van der Waals surface area contributed by atoms with Crippen LogP contribution in [0, 0.1) is 5.41 Å². The van der Waals surface area contributed by atoms with Crippen LogP contribution in [-0.2, 0) is 14.3 Å². The van der Waals surface area contributed by atoms with Gasteiger partial charge in [0.2, 0.25) is 11.8 Å².